The Kier molecular flexibility index (Phi) is 6.79. The van der Waals surface area contributed by atoms with Crippen LogP contribution in [0.25, 0.3) is 22.2 Å². The van der Waals surface area contributed by atoms with Gasteiger partial charge in [0.25, 0.3) is 0 Å². The molecule has 2 aromatic carbocycles. The minimum absolute atomic E-state index is 0.0824. The second kappa shape index (κ2) is 9.75. The molecule has 0 atom stereocenters. The lowest BCUT2D eigenvalue weighted by Gasteiger charge is -2.30. The van der Waals surface area contributed by atoms with Crippen molar-refractivity contribution in [3.05, 3.63) is 42.5 Å². The van der Waals surface area contributed by atoms with E-state index in [0.29, 0.717) is 12.6 Å². The van der Waals surface area contributed by atoms with E-state index in [1.807, 2.05) is 58.3 Å². The Balaban J connectivity index is 1.66. The monoisotopic (exact) mass is 449 g/mol. The van der Waals surface area contributed by atoms with Gasteiger partial charge in [0, 0.05) is 41.3 Å². The number of nitrogen functional groups attached to an aromatic ring is 1. The number of carbonyl (C=O) groups excluding carboxylic acids is 1. The third-order valence-corrected chi connectivity index (χ3v) is 6.10. The number of hydrogen-bond donors (Lipinski definition) is 3. The Labute approximate surface area is 195 Å². The van der Waals surface area contributed by atoms with E-state index < -0.39 is 0 Å². The smallest absolute Gasteiger partial charge is 0.319 e. The van der Waals surface area contributed by atoms with Gasteiger partial charge in [-0.1, -0.05) is 12.1 Å². The van der Waals surface area contributed by atoms with Crippen LogP contribution in [0.5, 0.6) is 5.75 Å². The minimum atomic E-state index is -0.206. The van der Waals surface area contributed by atoms with Crippen LogP contribution in [0.1, 0.15) is 39.2 Å². The first-order chi connectivity index (χ1) is 15.8. The summed E-state index contributed by atoms with van der Waals surface area (Å²) in [6, 6.07) is 14.4. The summed E-state index contributed by atoms with van der Waals surface area (Å²) < 4.78 is 8.39. The van der Waals surface area contributed by atoms with Crippen molar-refractivity contribution in [1.82, 2.24) is 14.8 Å². The van der Waals surface area contributed by atoms with Gasteiger partial charge in [-0.25, -0.2) is 4.79 Å². The van der Waals surface area contributed by atoms with Gasteiger partial charge in [0.05, 0.1) is 16.9 Å². The summed E-state index contributed by atoms with van der Waals surface area (Å²) in [7, 11) is 4.08. The molecule has 1 aliphatic carbocycles. The third-order valence-electron chi connectivity index (χ3n) is 6.10. The number of aromatic nitrogens is 1. The highest BCUT2D eigenvalue weighted by Gasteiger charge is 2.27. The predicted octanol–water partition coefficient (Wildman–Crippen LogP) is 5.09. The zero-order chi connectivity index (χ0) is 23.5. The molecule has 0 bridgehead atoms. The van der Waals surface area contributed by atoms with Crippen LogP contribution in [-0.2, 0) is 0 Å². The van der Waals surface area contributed by atoms with Gasteiger partial charge in [-0.3, -0.25) is 0 Å². The summed E-state index contributed by atoms with van der Waals surface area (Å²) >= 11 is 0. The average molecular weight is 450 g/mol. The Morgan fingerprint density at radius 2 is 1.91 bits per heavy atom. The molecule has 0 spiro atoms. The topological polar surface area (TPSA) is 84.6 Å². The lowest BCUT2D eigenvalue weighted by Crippen LogP contribution is -2.34. The summed E-state index contributed by atoms with van der Waals surface area (Å²) in [5.41, 5.74) is 11.4. The number of hydrogen-bond acceptors (Lipinski definition) is 4. The molecule has 7 nitrogen and oxygen atoms in total. The molecule has 33 heavy (non-hydrogen) atoms. The first kappa shape index (κ1) is 23.0. The van der Waals surface area contributed by atoms with Crippen LogP contribution in [0.15, 0.2) is 42.5 Å². The van der Waals surface area contributed by atoms with E-state index in [2.05, 4.69) is 32.2 Å². The molecular formula is C26H35N5O2. The number of ether oxygens (including phenoxy) is 1. The standard InChI is InChI=1S/C26H35N5O2/c1-17(2)28-26(32)29-19-10-8-18(9-11-19)25-24(27)22-13-12-21(33-15-14-30(3)4)16-23(22)31(25)20-6-5-7-20/h8-13,16-17,20H,5-7,14-15,27H2,1-4H3,(H2,28,29,32). The molecule has 1 aromatic heterocycles. The molecule has 1 fully saturated rings. The van der Waals surface area contributed by atoms with Crippen LogP contribution in [0, 0.1) is 0 Å². The van der Waals surface area contributed by atoms with E-state index >= 15 is 0 Å². The van der Waals surface area contributed by atoms with E-state index in [-0.39, 0.29) is 12.1 Å². The normalized spacial score (nSPS) is 14.0. The summed E-state index contributed by atoms with van der Waals surface area (Å²) in [4.78, 5) is 14.1. The number of nitrogens with zero attached hydrogens (tertiary/aromatic N) is 2. The maximum absolute atomic E-state index is 12.0. The molecular weight excluding hydrogens is 414 g/mol. The molecule has 0 radical (unpaired) electrons. The molecule has 1 aliphatic rings. The number of urea groups is 1. The molecule has 4 N–H and O–H groups in total. The zero-order valence-electron chi connectivity index (χ0n) is 20.0. The van der Waals surface area contributed by atoms with Crippen molar-refractivity contribution in [3.8, 4) is 17.0 Å². The number of carbonyl (C=O) groups is 1. The summed E-state index contributed by atoms with van der Waals surface area (Å²) in [6.45, 7) is 5.38. The second-order valence-electron chi connectivity index (χ2n) is 9.38. The van der Waals surface area contributed by atoms with E-state index in [4.69, 9.17) is 10.5 Å². The van der Waals surface area contributed by atoms with Crippen LogP contribution in [-0.4, -0.2) is 48.8 Å². The molecule has 7 heteroatoms. The number of rotatable bonds is 8. The van der Waals surface area contributed by atoms with E-state index in [0.717, 1.165) is 58.7 Å². The quantitative estimate of drug-likeness (QED) is 0.447. The Bertz CT molecular complexity index is 1110. The number of anilines is 2. The zero-order valence-corrected chi connectivity index (χ0v) is 20.0. The fraction of sp³-hybridized carbons (Fsp3) is 0.423. The highest BCUT2D eigenvalue weighted by molar-refractivity contribution is 6.02. The average Bonchev–Trinajstić information content (AvgIpc) is 2.98. The van der Waals surface area contributed by atoms with Crippen molar-refractivity contribution < 1.29 is 9.53 Å². The fourth-order valence-electron chi connectivity index (χ4n) is 4.21. The Hall–Kier alpha value is -3.19. The van der Waals surface area contributed by atoms with Gasteiger partial charge in [-0.05, 0) is 71.5 Å². The van der Waals surface area contributed by atoms with Gasteiger partial charge in [0.2, 0.25) is 0 Å². The number of nitrogens with one attached hydrogen (secondary N) is 2. The van der Waals surface area contributed by atoms with Crippen molar-refractivity contribution >= 4 is 28.3 Å². The molecule has 1 heterocycles. The van der Waals surface area contributed by atoms with Crippen LogP contribution in [0.2, 0.25) is 0 Å². The van der Waals surface area contributed by atoms with Gasteiger partial charge in [0.15, 0.2) is 0 Å². The van der Waals surface area contributed by atoms with Crippen LogP contribution < -0.4 is 21.1 Å². The lowest BCUT2D eigenvalue weighted by atomic mass is 9.92. The summed E-state index contributed by atoms with van der Waals surface area (Å²) in [6.07, 6.45) is 3.53. The molecule has 2 amide bonds. The van der Waals surface area contributed by atoms with E-state index in [9.17, 15) is 4.79 Å². The van der Waals surface area contributed by atoms with Gasteiger partial charge >= 0.3 is 6.03 Å². The molecule has 1 saturated carbocycles. The molecule has 3 aromatic rings. The lowest BCUT2D eigenvalue weighted by molar-refractivity contribution is 0.250. The highest BCUT2D eigenvalue weighted by atomic mass is 16.5. The molecule has 176 valence electrons. The summed E-state index contributed by atoms with van der Waals surface area (Å²) in [5, 5.41) is 6.77. The van der Waals surface area contributed by atoms with Crippen molar-refractivity contribution in [2.24, 2.45) is 0 Å². The highest BCUT2D eigenvalue weighted by Crippen LogP contribution is 2.44. The molecule has 0 unspecified atom stereocenters. The Morgan fingerprint density at radius 1 is 1.18 bits per heavy atom. The van der Waals surface area contributed by atoms with E-state index in [1.165, 1.54) is 6.42 Å². The van der Waals surface area contributed by atoms with Crippen molar-refractivity contribution in [2.45, 2.75) is 45.2 Å². The number of amides is 2. The Morgan fingerprint density at radius 3 is 2.52 bits per heavy atom. The number of likely N-dealkylation sites (N-methyl/N-ethyl adjacent to an activating group) is 1. The van der Waals surface area contributed by atoms with Crippen molar-refractivity contribution in [2.75, 3.05) is 38.3 Å². The molecule has 0 aliphatic heterocycles. The maximum Gasteiger partial charge on any atom is 0.319 e. The number of benzene rings is 2. The van der Waals surface area contributed by atoms with E-state index in [1.54, 1.807) is 0 Å². The largest absolute Gasteiger partial charge is 0.492 e. The van der Waals surface area contributed by atoms with Gasteiger partial charge < -0.3 is 30.6 Å². The van der Waals surface area contributed by atoms with Gasteiger partial charge in [-0.2, -0.15) is 0 Å². The van der Waals surface area contributed by atoms with Crippen molar-refractivity contribution in [3.63, 3.8) is 0 Å². The maximum atomic E-state index is 12.0. The van der Waals surface area contributed by atoms with Crippen LogP contribution >= 0.6 is 0 Å². The number of nitrogens with two attached hydrogens (primary N) is 1. The third kappa shape index (κ3) is 5.09. The van der Waals surface area contributed by atoms with Crippen LogP contribution in [0.3, 0.4) is 0 Å². The first-order valence-electron chi connectivity index (χ1n) is 11.7. The fourth-order valence-corrected chi connectivity index (χ4v) is 4.21. The van der Waals surface area contributed by atoms with Crippen molar-refractivity contribution in [1.29, 1.82) is 0 Å². The van der Waals surface area contributed by atoms with Gasteiger partial charge in [-0.15, -0.1) is 0 Å². The molecule has 0 saturated heterocycles. The van der Waals surface area contributed by atoms with Gasteiger partial charge in [0.1, 0.15) is 12.4 Å². The van der Waals surface area contributed by atoms with Crippen LogP contribution in [0.4, 0.5) is 16.2 Å². The predicted molar refractivity (Wildman–Crippen MR) is 136 cm³/mol. The molecule has 4 rings (SSSR count). The SMILES string of the molecule is CC(C)NC(=O)Nc1ccc(-c2c(N)c3ccc(OCCN(C)C)cc3n2C2CCC2)cc1. The minimum Gasteiger partial charge on any atom is -0.492 e. The summed E-state index contributed by atoms with van der Waals surface area (Å²) in [5.74, 6) is 0.865. The second-order valence-corrected chi connectivity index (χ2v) is 9.38. The first-order valence-corrected chi connectivity index (χ1v) is 11.7. The number of fused-ring (bicyclic) bond motifs is 1.